The van der Waals surface area contributed by atoms with E-state index in [2.05, 4.69) is 15.6 Å². The molecule has 3 unspecified atom stereocenters. The molecule has 0 amide bonds. The summed E-state index contributed by atoms with van der Waals surface area (Å²) in [5, 5.41) is 23.0. The summed E-state index contributed by atoms with van der Waals surface area (Å²) >= 11 is 0. The SMILES string of the molecule is NC(O)NC1(N)C(O)N=CNC1(N)N. The summed E-state index contributed by atoms with van der Waals surface area (Å²) in [5.74, 6) is -1.69. The predicted molar refractivity (Wildman–Crippen MR) is 49.0 cm³/mol. The van der Waals surface area contributed by atoms with E-state index < -0.39 is 24.0 Å². The summed E-state index contributed by atoms with van der Waals surface area (Å²) in [7, 11) is 0. The molecule has 0 aromatic carbocycles. The van der Waals surface area contributed by atoms with Gasteiger partial charge >= 0.3 is 0 Å². The zero-order valence-corrected chi connectivity index (χ0v) is 7.38. The molecule has 1 aliphatic rings. The summed E-state index contributed by atoms with van der Waals surface area (Å²) < 4.78 is 0. The van der Waals surface area contributed by atoms with Gasteiger partial charge in [0.1, 0.15) is 0 Å². The minimum Gasteiger partial charge on any atom is -0.369 e. The monoisotopic (exact) mass is 205 g/mol. The molecule has 0 bridgehead atoms. The van der Waals surface area contributed by atoms with Crippen LogP contribution in [0.25, 0.3) is 0 Å². The molecule has 1 aliphatic heterocycles. The van der Waals surface area contributed by atoms with Crippen LogP contribution in [-0.4, -0.2) is 40.6 Å². The van der Waals surface area contributed by atoms with E-state index in [0.29, 0.717) is 0 Å². The molecular weight excluding hydrogens is 190 g/mol. The minimum atomic E-state index is -1.77. The van der Waals surface area contributed by atoms with E-state index in [9.17, 15) is 5.11 Å². The van der Waals surface area contributed by atoms with Crippen LogP contribution >= 0.6 is 0 Å². The first-order valence-electron chi connectivity index (χ1n) is 3.85. The number of nitrogens with zero attached hydrogens (tertiary/aromatic N) is 1. The maximum atomic E-state index is 9.46. The number of nitrogens with one attached hydrogen (secondary N) is 2. The lowest BCUT2D eigenvalue weighted by Crippen LogP contribution is -2.89. The van der Waals surface area contributed by atoms with Crippen molar-refractivity contribution in [2.45, 2.75) is 24.0 Å². The Labute approximate surface area is 80.1 Å². The topological polar surface area (TPSA) is 181 Å². The van der Waals surface area contributed by atoms with E-state index in [1.165, 1.54) is 0 Å². The molecule has 1 rings (SSSR count). The highest BCUT2D eigenvalue weighted by molar-refractivity contribution is 5.58. The number of hydrogen-bond donors (Lipinski definition) is 8. The molecule has 0 saturated carbocycles. The normalized spacial score (nSPS) is 37.7. The highest BCUT2D eigenvalue weighted by Gasteiger charge is 2.51. The van der Waals surface area contributed by atoms with Gasteiger partial charge in [-0.1, -0.05) is 0 Å². The first-order valence-corrected chi connectivity index (χ1v) is 3.85. The van der Waals surface area contributed by atoms with Crippen LogP contribution in [0, 0.1) is 0 Å². The van der Waals surface area contributed by atoms with Crippen molar-refractivity contribution in [2.24, 2.45) is 27.9 Å². The number of aliphatic hydroxyl groups is 2. The van der Waals surface area contributed by atoms with Crippen LogP contribution in [0.5, 0.6) is 0 Å². The van der Waals surface area contributed by atoms with Crippen molar-refractivity contribution in [3.63, 3.8) is 0 Å². The van der Waals surface area contributed by atoms with E-state index in [-0.39, 0.29) is 0 Å². The van der Waals surface area contributed by atoms with Gasteiger partial charge in [-0.05, 0) is 0 Å². The first kappa shape index (κ1) is 11.3. The van der Waals surface area contributed by atoms with Crippen LogP contribution in [0.15, 0.2) is 4.99 Å². The molecule has 82 valence electrons. The van der Waals surface area contributed by atoms with E-state index in [0.717, 1.165) is 6.34 Å². The van der Waals surface area contributed by atoms with Crippen LogP contribution in [0.4, 0.5) is 0 Å². The second kappa shape index (κ2) is 3.40. The van der Waals surface area contributed by atoms with Crippen LogP contribution in [0.3, 0.4) is 0 Å². The van der Waals surface area contributed by atoms with E-state index in [1.807, 2.05) is 0 Å². The summed E-state index contributed by atoms with van der Waals surface area (Å²) in [6.07, 6.45) is -1.77. The molecule has 0 aromatic rings. The molecule has 3 atom stereocenters. The minimum absolute atomic E-state index is 1.13. The Hall–Kier alpha value is -0.810. The van der Waals surface area contributed by atoms with Crippen LogP contribution in [0.1, 0.15) is 0 Å². The standard InChI is InChI=1S/C5H15N7O2/c6-3(14)12-4(7)2(13)10-1-11-5(4,8)9/h1-3,12-14H,6-9H2,(H,10,11). The molecule has 0 saturated heterocycles. The van der Waals surface area contributed by atoms with Crippen molar-refractivity contribution in [1.29, 1.82) is 0 Å². The van der Waals surface area contributed by atoms with Crippen molar-refractivity contribution in [1.82, 2.24) is 10.6 Å². The van der Waals surface area contributed by atoms with Gasteiger partial charge in [0.15, 0.2) is 24.0 Å². The third-order valence-corrected chi connectivity index (χ3v) is 2.00. The number of aliphatic hydroxyl groups excluding tert-OH is 2. The second-order valence-electron chi connectivity index (χ2n) is 3.12. The lowest BCUT2D eigenvalue weighted by atomic mass is 10.00. The molecule has 0 fully saturated rings. The first-order chi connectivity index (χ1) is 6.29. The Balaban J connectivity index is 2.95. The van der Waals surface area contributed by atoms with Gasteiger partial charge in [-0.3, -0.25) is 22.5 Å². The van der Waals surface area contributed by atoms with Gasteiger partial charge in [-0.25, -0.2) is 4.99 Å². The lowest BCUT2D eigenvalue weighted by molar-refractivity contribution is -0.0362. The molecule has 0 spiro atoms. The summed E-state index contributed by atoms with van der Waals surface area (Å²) in [4.78, 5) is 3.54. The highest BCUT2D eigenvalue weighted by Crippen LogP contribution is 2.15. The van der Waals surface area contributed by atoms with Gasteiger partial charge in [0.05, 0.1) is 6.34 Å². The van der Waals surface area contributed by atoms with Gasteiger partial charge in [0, 0.05) is 0 Å². The van der Waals surface area contributed by atoms with Crippen LogP contribution in [-0.2, 0) is 0 Å². The summed E-state index contributed by atoms with van der Waals surface area (Å²) in [5.41, 5.74) is 20.1. The van der Waals surface area contributed by atoms with Crippen molar-refractivity contribution < 1.29 is 10.2 Å². The highest BCUT2D eigenvalue weighted by atomic mass is 16.3. The van der Waals surface area contributed by atoms with E-state index >= 15 is 0 Å². The van der Waals surface area contributed by atoms with Crippen LogP contribution < -0.4 is 33.6 Å². The molecule has 9 heteroatoms. The van der Waals surface area contributed by atoms with Gasteiger partial charge in [-0.15, -0.1) is 0 Å². The zero-order chi connectivity index (χ0) is 11.0. The quantitative estimate of drug-likeness (QED) is 0.206. The van der Waals surface area contributed by atoms with E-state index in [4.69, 9.17) is 28.0 Å². The Morgan fingerprint density at radius 3 is 2.50 bits per heavy atom. The number of aliphatic imine (C=N–C) groups is 1. The molecule has 12 N–H and O–H groups in total. The Morgan fingerprint density at radius 2 is 2.07 bits per heavy atom. The Bertz CT molecular complexity index is 242. The van der Waals surface area contributed by atoms with Gasteiger partial charge in [-0.2, -0.15) is 0 Å². The average molecular weight is 205 g/mol. The molecule has 0 aliphatic carbocycles. The lowest BCUT2D eigenvalue weighted by Gasteiger charge is -2.47. The Morgan fingerprint density at radius 1 is 1.50 bits per heavy atom. The predicted octanol–water partition coefficient (Wildman–Crippen LogP) is -5.01. The number of hydrogen-bond acceptors (Lipinski definition) is 9. The molecule has 14 heavy (non-hydrogen) atoms. The number of rotatable bonds is 2. The number of nitrogens with two attached hydrogens (primary N) is 4. The molecule has 1 heterocycles. The maximum absolute atomic E-state index is 9.46. The van der Waals surface area contributed by atoms with Crippen LogP contribution in [0.2, 0.25) is 0 Å². The molecule has 0 aromatic heterocycles. The van der Waals surface area contributed by atoms with Crippen molar-refractivity contribution in [3.8, 4) is 0 Å². The van der Waals surface area contributed by atoms with E-state index in [1.54, 1.807) is 0 Å². The fraction of sp³-hybridized carbons (Fsp3) is 0.800. The fourth-order valence-corrected chi connectivity index (χ4v) is 1.10. The maximum Gasteiger partial charge on any atom is 0.183 e. The third kappa shape index (κ3) is 1.69. The fourth-order valence-electron chi connectivity index (χ4n) is 1.10. The summed E-state index contributed by atoms with van der Waals surface area (Å²) in [6, 6.07) is 0. The van der Waals surface area contributed by atoms with Crippen molar-refractivity contribution >= 4 is 6.34 Å². The van der Waals surface area contributed by atoms with Gasteiger partial charge in [0.25, 0.3) is 0 Å². The molecule has 0 radical (unpaired) electrons. The molecule has 9 nitrogen and oxygen atoms in total. The van der Waals surface area contributed by atoms with Gasteiger partial charge < -0.3 is 21.3 Å². The second-order valence-corrected chi connectivity index (χ2v) is 3.12. The van der Waals surface area contributed by atoms with Crippen molar-refractivity contribution in [2.75, 3.05) is 0 Å². The third-order valence-electron chi connectivity index (χ3n) is 2.00. The Kier molecular flexibility index (Phi) is 2.74. The van der Waals surface area contributed by atoms with Gasteiger partial charge in [0.2, 0.25) is 0 Å². The average Bonchev–Trinajstić information content (AvgIpc) is 1.99. The largest absolute Gasteiger partial charge is 0.369 e. The van der Waals surface area contributed by atoms with Crippen molar-refractivity contribution in [3.05, 3.63) is 0 Å². The molecular formula is C5H15N7O2. The zero-order valence-electron chi connectivity index (χ0n) is 7.38. The smallest absolute Gasteiger partial charge is 0.183 e. The summed E-state index contributed by atoms with van der Waals surface area (Å²) in [6.45, 7) is 0.